The summed E-state index contributed by atoms with van der Waals surface area (Å²) in [5.41, 5.74) is 2.60. The molecule has 1 fully saturated rings. The third-order valence-electron chi connectivity index (χ3n) is 7.08. The molecule has 2 aliphatic heterocycles. The van der Waals surface area contributed by atoms with Crippen molar-refractivity contribution < 1.29 is 14.6 Å². The third-order valence-corrected chi connectivity index (χ3v) is 7.08. The van der Waals surface area contributed by atoms with Crippen LogP contribution in [0.5, 0.6) is 11.5 Å². The topological polar surface area (TPSA) is 41.9 Å². The first-order chi connectivity index (χ1) is 12.7. The molecule has 140 valence electrons. The van der Waals surface area contributed by atoms with Crippen LogP contribution in [0, 0.1) is 0 Å². The van der Waals surface area contributed by atoms with E-state index in [-0.39, 0.29) is 11.5 Å². The molecule has 2 heterocycles. The van der Waals surface area contributed by atoms with Gasteiger partial charge in [0.25, 0.3) is 0 Å². The molecule has 1 aromatic rings. The lowest BCUT2D eigenvalue weighted by atomic mass is 9.69. The zero-order valence-corrected chi connectivity index (χ0v) is 15.6. The second-order valence-corrected chi connectivity index (χ2v) is 8.45. The van der Waals surface area contributed by atoms with Crippen molar-refractivity contribution in [1.29, 1.82) is 0 Å². The summed E-state index contributed by atoms with van der Waals surface area (Å²) >= 11 is 0. The van der Waals surface area contributed by atoms with Gasteiger partial charge in [-0.2, -0.15) is 0 Å². The lowest BCUT2D eigenvalue weighted by molar-refractivity contribution is 0.0752. The van der Waals surface area contributed by atoms with Crippen LogP contribution >= 0.6 is 0 Å². The molecule has 3 atom stereocenters. The normalized spacial score (nSPS) is 33.9. The highest BCUT2D eigenvalue weighted by atomic mass is 16.5. The van der Waals surface area contributed by atoms with Gasteiger partial charge in [0, 0.05) is 31.1 Å². The summed E-state index contributed by atoms with van der Waals surface area (Å²) in [6.45, 7) is 2.10. The molecule has 5 rings (SSSR count). The maximum Gasteiger partial charge on any atom is 0.166 e. The van der Waals surface area contributed by atoms with E-state index in [1.807, 2.05) is 6.08 Å². The molecular formula is C22H29NO3. The summed E-state index contributed by atoms with van der Waals surface area (Å²) in [5, 5.41) is 10.2. The minimum Gasteiger partial charge on any atom is -0.493 e. The summed E-state index contributed by atoms with van der Waals surface area (Å²) in [4.78, 5) is 2.71. The zero-order chi connectivity index (χ0) is 17.7. The van der Waals surface area contributed by atoms with Gasteiger partial charge in [0.1, 0.15) is 6.10 Å². The highest BCUT2D eigenvalue weighted by Gasteiger charge is 2.53. The van der Waals surface area contributed by atoms with Crippen LogP contribution in [0.15, 0.2) is 24.3 Å². The van der Waals surface area contributed by atoms with Crippen molar-refractivity contribution >= 4 is 0 Å². The van der Waals surface area contributed by atoms with Crippen LogP contribution in [0.25, 0.3) is 0 Å². The van der Waals surface area contributed by atoms with Gasteiger partial charge in [0.15, 0.2) is 11.5 Å². The van der Waals surface area contributed by atoms with Crippen LogP contribution in [0.1, 0.15) is 56.1 Å². The molecule has 0 amide bonds. The van der Waals surface area contributed by atoms with Crippen molar-refractivity contribution in [2.75, 3.05) is 13.7 Å². The minimum atomic E-state index is -0.410. The van der Waals surface area contributed by atoms with Crippen molar-refractivity contribution in [2.24, 2.45) is 0 Å². The zero-order valence-electron chi connectivity index (χ0n) is 15.6. The number of methoxy groups -OCH3 is 1. The SMILES string of the molecule is COc1ccc2c3c1O[C@@H]1CC(O)C=CC31CCN(C1CCCCC1)C2. The van der Waals surface area contributed by atoms with Crippen molar-refractivity contribution in [3.8, 4) is 11.5 Å². The van der Waals surface area contributed by atoms with Gasteiger partial charge in [0.2, 0.25) is 0 Å². The molecule has 2 unspecified atom stereocenters. The van der Waals surface area contributed by atoms with Crippen molar-refractivity contribution in [2.45, 2.75) is 75.2 Å². The van der Waals surface area contributed by atoms with Gasteiger partial charge in [0.05, 0.1) is 18.6 Å². The molecule has 4 heteroatoms. The Morgan fingerprint density at radius 3 is 2.88 bits per heavy atom. The number of aliphatic hydroxyl groups is 1. The molecule has 1 N–H and O–H groups in total. The van der Waals surface area contributed by atoms with E-state index in [1.165, 1.54) is 43.2 Å². The molecule has 26 heavy (non-hydrogen) atoms. The Bertz CT molecular complexity index is 724. The van der Waals surface area contributed by atoms with E-state index in [0.29, 0.717) is 12.5 Å². The first kappa shape index (κ1) is 16.6. The van der Waals surface area contributed by atoms with Gasteiger partial charge in [-0.1, -0.05) is 37.5 Å². The number of hydrogen-bond donors (Lipinski definition) is 1. The number of ether oxygens (including phenoxy) is 2. The Balaban J connectivity index is 1.59. The molecule has 4 nitrogen and oxygen atoms in total. The maximum atomic E-state index is 10.2. The number of hydrogen-bond acceptors (Lipinski definition) is 4. The van der Waals surface area contributed by atoms with Crippen LogP contribution in [-0.2, 0) is 12.0 Å². The molecule has 2 aliphatic carbocycles. The van der Waals surface area contributed by atoms with Gasteiger partial charge in [-0.05, 0) is 30.9 Å². The van der Waals surface area contributed by atoms with Gasteiger partial charge in [-0.25, -0.2) is 0 Å². The Morgan fingerprint density at radius 1 is 1.23 bits per heavy atom. The van der Waals surface area contributed by atoms with Crippen LogP contribution < -0.4 is 9.47 Å². The summed E-state index contributed by atoms with van der Waals surface area (Å²) in [6, 6.07) is 5.02. The fourth-order valence-electron chi connectivity index (χ4n) is 5.72. The highest BCUT2D eigenvalue weighted by molar-refractivity contribution is 5.61. The summed E-state index contributed by atoms with van der Waals surface area (Å²) in [6.07, 6.45) is 12.3. The second kappa shape index (κ2) is 6.28. The fraction of sp³-hybridized carbons (Fsp3) is 0.636. The van der Waals surface area contributed by atoms with Crippen molar-refractivity contribution in [3.05, 3.63) is 35.4 Å². The Labute approximate surface area is 155 Å². The molecule has 0 bridgehead atoms. The third kappa shape index (κ3) is 2.42. The summed E-state index contributed by atoms with van der Waals surface area (Å²) < 4.78 is 12.0. The molecule has 1 aromatic carbocycles. The number of nitrogens with zero attached hydrogens (tertiary/aromatic N) is 1. The van der Waals surface area contributed by atoms with E-state index in [2.05, 4.69) is 23.1 Å². The molecule has 0 aromatic heterocycles. The lowest BCUT2D eigenvalue weighted by Gasteiger charge is -2.37. The van der Waals surface area contributed by atoms with E-state index in [1.54, 1.807) is 7.11 Å². The summed E-state index contributed by atoms with van der Waals surface area (Å²) in [7, 11) is 1.71. The largest absolute Gasteiger partial charge is 0.493 e. The average molecular weight is 355 g/mol. The minimum absolute atomic E-state index is 0.0128. The van der Waals surface area contributed by atoms with E-state index >= 15 is 0 Å². The second-order valence-electron chi connectivity index (χ2n) is 8.45. The monoisotopic (exact) mass is 355 g/mol. The van der Waals surface area contributed by atoms with Crippen LogP contribution in [-0.4, -0.2) is 41.9 Å². The van der Waals surface area contributed by atoms with Gasteiger partial charge in [-0.3, -0.25) is 4.90 Å². The van der Waals surface area contributed by atoms with Gasteiger partial charge < -0.3 is 14.6 Å². The van der Waals surface area contributed by atoms with E-state index in [0.717, 1.165) is 31.0 Å². The molecule has 4 aliphatic rings. The van der Waals surface area contributed by atoms with Crippen LogP contribution in [0.3, 0.4) is 0 Å². The number of benzene rings is 1. The maximum absolute atomic E-state index is 10.2. The highest BCUT2D eigenvalue weighted by Crippen LogP contribution is 2.56. The molecule has 0 saturated heterocycles. The van der Waals surface area contributed by atoms with Crippen molar-refractivity contribution in [1.82, 2.24) is 4.90 Å². The first-order valence-corrected chi connectivity index (χ1v) is 10.2. The van der Waals surface area contributed by atoms with E-state index in [4.69, 9.17) is 9.47 Å². The van der Waals surface area contributed by atoms with Gasteiger partial charge >= 0.3 is 0 Å². The predicted octanol–water partition coefficient (Wildman–Crippen LogP) is 3.55. The Hall–Kier alpha value is -1.52. The molecular weight excluding hydrogens is 326 g/mol. The fourth-order valence-corrected chi connectivity index (χ4v) is 5.72. The smallest absolute Gasteiger partial charge is 0.166 e. The molecule has 1 saturated carbocycles. The van der Waals surface area contributed by atoms with E-state index < -0.39 is 6.10 Å². The van der Waals surface area contributed by atoms with E-state index in [9.17, 15) is 5.11 Å². The first-order valence-electron chi connectivity index (χ1n) is 10.2. The standard InChI is InChI=1S/C22H29NO3/c1-25-18-8-7-15-14-23(16-5-3-2-4-6-16)12-11-22-10-9-17(24)13-19(22)26-21(18)20(15)22/h7-10,16-17,19,24H,2-6,11-14H2,1H3/t17?,19-,22?/m1/s1. The Morgan fingerprint density at radius 2 is 2.08 bits per heavy atom. The molecule has 0 radical (unpaired) electrons. The summed E-state index contributed by atoms with van der Waals surface area (Å²) in [5.74, 6) is 1.74. The lowest BCUT2D eigenvalue weighted by Crippen LogP contribution is -2.44. The van der Waals surface area contributed by atoms with Gasteiger partial charge in [-0.15, -0.1) is 0 Å². The predicted molar refractivity (Wildman–Crippen MR) is 101 cm³/mol. The van der Waals surface area contributed by atoms with Crippen LogP contribution in [0.4, 0.5) is 0 Å². The number of aliphatic hydroxyl groups excluding tert-OH is 1. The van der Waals surface area contributed by atoms with Crippen molar-refractivity contribution in [3.63, 3.8) is 0 Å². The molecule has 1 spiro atoms. The number of rotatable bonds is 2. The van der Waals surface area contributed by atoms with Crippen LogP contribution in [0.2, 0.25) is 0 Å². The average Bonchev–Trinajstić information content (AvgIpc) is 2.90. The quantitative estimate of drug-likeness (QED) is 0.824. The Kier molecular flexibility index (Phi) is 4.02.